The van der Waals surface area contributed by atoms with Gasteiger partial charge in [0.15, 0.2) is 6.10 Å². The van der Waals surface area contributed by atoms with Crippen molar-refractivity contribution in [2.75, 3.05) is 13.2 Å². The fraction of sp³-hybridized carbons (Fsp3) is 0.772. The van der Waals surface area contributed by atoms with E-state index in [0.29, 0.717) is 19.3 Å². The second kappa shape index (κ2) is 51.7. The molecule has 0 amide bonds. The number of esters is 3. The van der Waals surface area contributed by atoms with Crippen LogP contribution in [-0.2, 0) is 28.6 Å². The van der Waals surface area contributed by atoms with Crippen molar-refractivity contribution in [1.82, 2.24) is 0 Å². The lowest BCUT2D eigenvalue weighted by atomic mass is 10.1. The smallest absolute Gasteiger partial charge is 0.306 e. The minimum atomic E-state index is -0.787. The highest BCUT2D eigenvalue weighted by Crippen LogP contribution is 2.14. The Hall–Kier alpha value is -2.89. The van der Waals surface area contributed by atoms with Gasteiger partial charge in [-0.05, 0) is 103 Å². The van der Waals surface area contributed by atoms with Crippen molar-refractivity contribution in [3.8, 4) is 0 Å². The van der Waals surface area contributed by atoms with Crippen LogP contribution in [0.5, 0.6) is 0 Å². The first-order valence-electron chi connectivity index (χ1n) is 26.8. The van der Waals surface area contributed by atoms with E-state index in [1.807, 2.05) is 0 Å². The van der Waals surface area contributed by atoms with E-state index in [1.54, 1.807) is 0 Å². The topological polar surface area (TPSA) is 78.9 Å². The lowest BCUT2D eigenvalue weighted by Crippen LogP contribution is -2.30. The van der Waals surface area contributed by atoms with Crippen molar-refractivity contribution >= 4 is 17.9 Å². The Bertz CT molecular complexity index is 1150. The molecule has 6 heteroatoms. The molecule has 1 unspecified atom stereocenters. The van der Waals surface area contributed by atoms with Crippen LogP contribution in [0.15, 0.2) is 60.8 Å². The van der Waals surface area contributed by atoms with Gasteiger partial charge >= 0.3 is 17.9 Å². The lowest BCUT2D eigenvalue weighted by molar-refractivity contribution is -0.167. The highest BCUT2D eigenvalue weighted by Gasteiger charge is 2.19. The number of hydrogen-bond donors (Lipinski definition) is 0. The summed E-state index contributed by atoms with van der Waals surface area (Å²) in [5.41, 5.74) is 0. The quantitative estimate of drug-likeness (QED) is 0.0262. The summed E-state index contributed by atoms with van der Waals surface area (Å²) in [5, 5.41) is 0. The van der Waals surface area contributed by atoms with Gasteiger partial charge < -0.3 is 14.2 Å². The second-order valence-corrected chi connectivity index (χ2v) is 17.7. The van der Waals surface area contributed by atoms with Crippen LogP contribution in [0, 0.1) is 0 Å². The average molecular weight is 881 g/mol. The van der Waals surface area contributed by atoms with Gasteiger partial charge in [-0.25, -0.2) is 0 Å². The zero-order valence-corrected chi connectivity index (χ0v) is 41.6. The normalized spacial score (nSPS) is 12.5. The number of hydrogen-bond acceptors (Lipinski definition) is 6. The third kappa shape index (κ3) is 50.0. The number of unbranched alkanes of at least 4 members (excludes halogenated alkanes) is 27. The van der Waals surface area contributed by atoms with Crippen LogP contribution in [0.4, 0.5) is 0 Å². The van der Waals surface area contributed by atoms with E-state index in [1.165, 1.54) is 122 Å². The maximum absolute atomic E-state index is 12.8. The lowest BCUT2D eigenvalue weighted by Gasteiger charge is -2.18. The Morgan fingerprint density at radius 3 is 1.02 bits per heavy atom. The molecule has 0 N–H and O–H groups in total. The minimum absolute atomic E-state index is 0.0857. The zero-order chi connectivity index (χ0) is 45.8. The number of carbonyl (C=O) groups excluding carboxylic acids is 3. The van der Waals surface area contributed by atoms with Gasteiger partial charge in [-0.1, -0.05) is 204 Å². The van der Waals surface area contributed by atoms with Crippen molar-refractivity contribution < 1.29 is 28.6 Å². The summed E-state index contributed by atoms with van der Waals surface area (Å²) in [5.74, 6) is -0.911. The molecule has 0 rings (SSSR count). The summed E-state index contributed by atoms with van der Waals surface area (Å²) in [6.07, 6.45) is 63.5. The number of rotatable bonds is 48. The van der Waals surface area contributed by atoms with Crippen molar-refractivity contribution in [2.24, 2.45) is 0 Å². The Kier molecular flexibility index (Phi) is 49.4. The highest BCUT2D eigenvalue weighted by atomic mass is 16.6. The van der Waals surface area contributed by atoms with E-state index in [-0.39, 0.29) is 31.1 Å². The Morgan fingerprint density at radius 2 is 0.619 bits per heavy atom. The molecule has 0 saturated heterocycles. The third-order valence-electron chi connectivity index (χ3n) is 11.5. The standard InChI is InChI=1S/C57H100O6/c1-4-7-10-13-16-19-22-25-27-28-29-31-32-35-38-41-44-47-50-56(59)62-53-54(52-61-55(58)49-46-43-40-37-34-24-21-18-15-12-9-6-3)63-57(60)51-48-45-42-39-36-33-30-26-23-20-17-14-11-8-5-2/h8,11,17-18,20-21,26-28,30,54H,4-7,9-10,12-16,19,22-25,29,31-53H2,1-3H3/b11-8-,20-17-,21-18-,28-27-,30-26-. The molecule has 0 spiro atoms. The molecule has 0 aromatic rings. The Balaban J connectivity index is 4.38. The monoisotopic (exact) mass is 881 g/mol. The molecule has 0 heterocycles. The van der Waals surface area contributed by atoms with Gasteiger partial charge in [0, 0.05) is 19.3 Å². The van der Waals surface area contributed by atoms with E-state index in [9.17, 15) is 14.4 Å². The predicted molar refractivity (Wildman–Crippen MR) is 270 cm³/mol. The Morgan fingerprint density at radius 1 is 0.333 bits per heavy atom. The molecular formula is C57H100O6. The van der Waals surface area contributed by atoms with E-state index in [2.05, 4.69) is 81.5 Å². The molecule has 0 aliphatic heterocycles. The van der Waals surface area contributed by atoms with Gasteiger partial charge in [0.05, 0.1) is 0 Å². The fourth-order valence-corrected chi connectivity index (χ4v) is 7.45. The SMILES string of the molecule is CC/C=C\C/C=C\C/C=C\CCCCCCCC(=O)OC(COC(=O)CCCCCCC/C=C\CCCCC)COC(=O)CCCCCCCCC/C=C\CCCCCCCCC. The van der Waals surface area contributed by atoms with Gasteiger partial charge in [-0.3, -0.25) is 14.4 Å². The summed E-state index contributed by atoms with van der Waals surface area (Å²) in [6.45, 7) is 6.49. The van der Waals surface area contributed by atoms with Gasteiger partial charge in [-0.2, -0.15) is 0 Å². The van der Waals surface area contributed by atoms with Crippen LogP contribution >= 0.6 is 0 Å². The first-order valence-corrected chi connectivity index (χ1v) is 26.8. The van der Waals surface area contributed by atoms with E-state index >= 15 is 0 Å². The molecule has 63 heavy (non-hydrogen) atoms. The van der Waals surface area contributed by atoms with Crippen molar-refractivity contribution in [1.29, 1.82) is 0 Å². The van der Waals surface area contributed by atoms with Gasteiger partial charge in [-0.15, -0.1) is 0 Å². The molecular weight excluding hydrogens is 781 g/mol. The van der Waals surface area contributed by atoms with Gasteiger partial charge in [0.1, 0.15) is 13.2 Å². The Labute approximate surface area is 390 Å². The number of carbonyl (C=O) groups is 3. The molecule has 0 aromatic carbocycles. The van der Waals surface area contributed by atoms with E-state index < -0.39 is 6.10 Å². The molecule has 0 radical (unpaired) electrons. The molecule has 0 aliphatic rings. The third-order valence-corrected chi connectivity index (χ3v) is 11.5. The summed E-state index contributed by atoms with van der Waals surface area (Å²) in [4.78, 5) is 38.0. The molecule has 0 fully saturated rings. The van der Waals surface area contributed by atoms with E-state index in [4.69, 9.17) is 14.2 Å². The number of allylic oxidation sites excluding steroid dienone is 10. The predicted octanol–water partition coefficient (Wildman–Crippen LogP) is 17.6. The van der Waals surface area contributed by atoms with Gasteiger partial charge in [0.2, 0.25) is 0 Å². The highest BCUT2D eigenvalue weighted by molar-refractivity contribution is 5.71. The summed E-state index contributed by atoms with van der Waals surface area (Å²) < 4.78 is 16.8. The first kappa shape index (κ1) is 60.1. The molecule has 0 aliphatic carbocycles. The van der Waals surface area contributed by atoms with Crippen molar-refractivity contribution in [3.05, 3.63) is 60.8 Å². The largest absolute Gasteiger partial charge is 0.462 e. The molecule has 1 atom stereocenters. The molecule has 0 saturated carbocycles. The second-order valence-electron chi connectivity index (χ2n) is 17.7. The number of ether oxygens (including phenoxy) is 3. The summed E-state index contributed by atoms with van der Waals surface area (Å²) in [6, 6.07) is 0. The van der Waals surface area contributed by atoms with Crippen LogP contribution in [0.2, 0.25) is 0 Å². The first-order chi connectivity index (χ1) is 31.0. The van der Waals surface area contributed by atoms with Crippen molar-refractivity contribution in [3.63, 3.8) is 0 Å². The van der Waals surface area contributed by atoms with Gasteiger partial charge in [0.25, 0.3) is 0 Å². The van der Waals surface area contributed by atoms with E-state index in [0.717, 1.165) is 103 Å². The summed E-state index contributed by atoms with van der Waals surface area (Å²) in [7, 11) is 0. The van der Waals surface area contributed by atoms with Crippen LogP contribution in [0.3, 0.4) is 0 Å². The zero-order valence-electron chi connectivity index (χ0n) is 41.6. The van der Waals surface area contributed by atoms with Crippen LogP contribution < -0.4 is 0 Å². The van der Waals surface area contributed by atoms with Crippen LogP contribution in [-0.4, -0.2) is 37.2 Å². The summed E-state index contributed by atoms with van der Waals surface area (Å²) >= 11 is 0. The fourth-order valence-electron chi connectivity index (χ4n) is 7.45. The van der Waals surface area contributed by atoms with Crippen molar-refractivity contribution in [2.45, 2.75) is 271 Å². The van der Waals surface area contributed by atoms with Crippen LogP contribution in [0.1, 0.15) is 265 Å². The maximum Gasteiger partial charge on any atom is 0.306 e. The maximum atomic E-state index is 12.8. The average Bonchev–Trinajstić information content (AvgIpc) is 3.28. The molecule has 6 nitrogen and oxygen atoms in total. The van der Waals surface area contributed by atoms with Crippen LogP contribution in [0.25, 0.3) is 0 Å². The minimum Gasteiger partial charge on any atom is -0.462 e. The molecule has 364 valence electrons. The molecule has 0 bridgehead atoms. The molecule has 0 aromatic heterocycles.